The quantitative estimate of drug-likeness (QED) is 0.527. The molecule has 0 aliphatic carbocycles. The number of halogens is 3. The summed E-state index contributed by atoms with van der Waals surface area (Å²) in [6, 6.07) is 15.2. The van der Waals surface area contributed by atoms with Crippen LogP contribution >= 0.6 is 0 Å². The number of benzene rings is 3. The molecular weight excluding hydrogens is 337 g/mol. The molecule has 26 heavy (non-hydrogen) atoms. The average Bonchev–Trinajstić information content (AvgIpc) is 2.66. The minimum absolute atomic E-state index is 0.0942. The van der Waals surface area contributed by atoms with Crippen molar-refractivity contribution in [1.82, 2.24) is 0 Å². The largest absolute Gasteiger partial charge is 0.486 e. The first-order valence-corrected chi connectivity index (χ1v) is 8.44. The molecule has 0 heterocycles. The van der Waals surface area contributed by atoms with E-state index in [1.54, 1.807) is 36.4 Å². The van der Waals surface area contributed by atoms with Crippen molar-refractivity contribution in [1.29, 1.82) is 0 Å². The average molecular weight is 356 g/mol. The van der Waals surface area contributed by atoms with Crippen LogP contribution in [-0.2, 0) is 13.0 Å². The molecule has 0 N–H and O–H groups in total. The molecule has 0 fully saturated rings. The van der Waals surface area contributed by atoms with Crippen LogP contribution in [0.2, 0.25) is 0 Å². The number of hydrogen-bond donors (Lipinski definition) is 0. The summed E-state index contributed by atoms with van der Waals surface area (Å²) >= 11 is 0. The van der Waals surface area contributed by atoms with E-state index in [4.69, 9.17) is 4.74 Å². The van der Waals surface area contributed by atoms with Gasteiger partial charge in [0.05, 0.1) is 0 Å². The summed E-state index contributed by atoms with van der Waals surface area (Å²) in [6.07, 6.45) is 0.781. The first-order chi connectivity index (χ1) is 12.5. The van der Waals surface area contributed by atoms with Gasteiger partial charge < -0.3 is 4.74 Å². The summed E-state index contributed by atoms with van der Waals surface area (Å²) in [4.78, 5) is 0. The maximum atomic E-state index is 14.2. The molecule has 0 amide bonds. The van der Waals surface area contributed by atoms with Gasteiger partial charge in [0.2, 0.25) is 5.82 Å². The van der Waals surface area contributed by atoms with E-state index in [2.05, 4.69) is 0 Å². The maximum absolute atomic E-state index is 14.2. The zero-order valence-electron chi connectivity index (χ0n) is 14.7. The minimum Gasteiger partial charge on any atom is -0.486 e. The van der Waals surface area contributed by atoms with Crippen LogP contribution in [0.25, 0.3) is 11.1 Å². The van der Waals surface area contributed by atoms with E-state index in [1.807, 2.05) is 13.0 Å². The number of hydrogen-bond acceptors (Lipinski definition) is 1. The van der Waals surface area contributed by atoms with E-state index in [0.717, 1.165) is 23.1 Å². The van der Waals surface area contributed by atoms with Crippen molar-refractivity contribution in [2.45, 2.75) is 26.9 Å². The molecule has 0 bridgehead atoms. The lowest BCUT2D eigenvalue weighted by Gasteiger charge is -2.10. The van der Waals surface area contributed by atoms with Crippen molar-refractivity contribution >= 4 is 0 Å². The molecule has 0 saturated heterocycles. The van der Waals surface area contributed by atoms with Crippen molar-refractivity contribution in [2.75, 3.05) is 0 Å². The predicted octanol–water partition coefficient (Wildman–Crippen LogP) is 6.22. The minimum atomic E-state index is -0.986. The molecule has 3 aromatic carbocycles. The van der Waals surface area contributed by atoms with Gasteiger partial charge in [-0.3, -0.25) is 0 Å². The normalized spacial score (nSPS) is 10.8. The van der Waals surface area contributed by atoms with Gasteiger partial charge >= 0.3 is 0 Å². The monoisotopic (exact) mass is 356 g/mol. The zero-order valence-corrected chi connectivity index (χ0v) is 14.7. The fourth-order valence-electron chi connectivity index (χ4n) is 2.69. The van der Waals surface area contributed by atoms with E-state index in [0.29, 0.717) is 5.56 Å². The molecule has 0 aromatic heterocycles. The lowest BCUT2D eigenvalue weighted by molar-refractivity contribution is 0.284. The van der Waals surface area contributed by atoms with E-state index in [1.165, 1.54) is 19.1 Å². The molecule has 0 saturated carbocycles. The number of ether oxygens (including phenoxy) is 1. The summed E-state index contributed by atoms with van der Waals surface area (Å²) in [6.45, 7) is 3.57. The molecule has 0 aliphatic rings. The van der Waals surface area contributed by atoms with Crippen LogP contribution in [-0.4, -0.2) is 0 Å². The fraction of sp³-hybridized carbons (Fsp3) is 0.182. The maximum Gasteiger partial charge on any atom is 0.200 e. The summed E-state index contributed by atoms with van der Waals surface area (Å²) in [5, 5.41) is 0. The highest BCUT2D eigenvalue weighted by Gasteiger charge is 2.12. The Morgan fingerprint density at radius 3 is 2.15 bits per heavy atom. The third-order valence-corrected chi connectivity index (χ3v) is 4.34. The van der Waals surface area contributed by atoms with E-state index < -0.39 is 11.6 Å². The molecule has 0 atom stereocenters. The summed E-state index contributed by atoms with van der Waals surface area (Å²) < 4.78 is 46.9. The topological polar surface area (TPSA) is 9.23 Å². The Labute approximate surface area is 151 Å². The second kappa shape index (κ2) is 7.65. The van der Waals surface area contributed by atoms with Crippen molar-refractivity contribution in [3.63, 3.8) is 0 Å². The molecular formula is C22H19F3O. The molecule has 3 rings (SSSR count). The van der Waals surface area contributed by atoms with Gasteiger partial charge in [0.1, 0.15) is 12.4 Å². The Balaban J connectivity index is 1.73. The van der Waals surface area contributed by atoms with E-state index in [9.17, 15) is 13.2 Å². The molecule has 0 unspecified atom stereocenters. The van der Waals surface area contributed by atoms with Crippen LogP contribution in [0.5, 0.6) is 5.75 Å². The predicted molar refractivity (Wildman–Crippen MR) is 96.6 cm³/mol. The molecule has 134 valence electrons. The van der Waals surface area contributed by atoms with Gasteiger partial charge in [-0.05, 0) is 47.7 Å². The Kier molecular flexibility index (Phi) is 5.31. The standard InChI is InChI=1S/C22H19F3O/c1-3-15-7-10-18(19(23)12-15)17-8-5-16(6-9-17)13-26-20-11-4-14(2)21(24)22(20)25/h4-12H,3,13H2,1-2H3. The third-order valence-electron chi connectivity index (χ3n) is 4.34. The van der Waals surface area contributed by atoms with Gasteiger partial charge in [-0.2, -0.15) is 4.39 Å². The van der Waals surface area contributed by atoms with Gasteiger partial charge in [0.25, 0.3) is 0 Å². The van der Waals surface area contributed by atoms with Crippen molar-refractivity contribution < 1.29 is 17.9 Å². The lowest BCUT2D eigenvalue weighted by Crippen LogP contribution is -2.00. The SMILES string of the molecule is CCc1ccc(-c2ccc(COc3ccc(C)c(F)c3F)cc2)c(F)c1. The smallest absolute Gasteiger partial charge is 0.200 e. The highest BCUT2D eigenvalue weighted by molar-refractivity contribution is 5.64. The summed E-state index contributed by atoms with van der Waals surface area (Å²) in [7, 11) is 0. The van der Waals surface area contributed by atoms with Gasteiger partial charge in [-0.1, -0.05) is 49.4 Å². The molecule has 3 aromatic rings. The Bertz CT molecular complexity index is 917. The molecule has 4 heteroatoms. The fourth-order valence-corrected chi connectivity index (χ4v) is 2.69. The van der Waals surface area contributed by atoms with E-state index in [-0.39, 0.29) is 23.7 Å². The number of rotatable bonds is 5. The van der Waals surface area contributed by atoms with Crippen LogP contribution in [0.15, 0.2) is 54.6 Å². The van der Waals surface area contributed by atoms with Crippen LogP contribution in [0.3, 0.4) is 0 Å². The number of aryl methyl sites for hydroxylation is 2. The Hall–Kier alpha value is -2.75. The first kappa shape index (κ1) is 18.1. The molecule has 0 radical (unpaired) electrons. The second-order valence-electron chi connectivity index (χ2n) is 6.16. The molecule has 0 aliphatic heterocycles. The van der Waals surface area contributed by atoms with E-state index >= 15 is 0 Å². The highest BCUT2D eigenvalue weighted by Crippen LogP contribution is 2.26. The van der Waals surface area contributed by atoms with Crippen LogP contribution < -0.4 is 4.74 Å². The Morgan fingerprint density at radius 1 is 0.808 bits per heavy atom. The van der Waals surface area contributed by atoms with Gasteiger partial charge in [-0.25, -0.2) is 8.78 Å². The van der Waals surface area contributed by atoms with Crippen molar-refractivity contribution in [3.05, 3.63) is 88.7 Å². The second-order valence-corrected chi connectivity index (χ2v) is 6.16. The lowest BCUT2D eigenvalue weighted by atomic mass is 10.0. The zero-order chi connectivity index (χ0) is 18.7. The molecule has 1 nitrogen and oxygen atoms in total. The van der Waals surface area contributed by atoms with Gasteiger partial charge in [-0.15, -0.1) is 0 Å². The Morgan fingerprint density at radius 2 is 1.50 bits per heavy atom. The van der Waals surface area contributed by atoms with Crippen LogP contribution in [0.4, 0.5) is 13.2 Å². The van der Waals surface area contributed by atoms with Crippen molar-refractivity contribution in [3.8, 4) is 16.9 Å². The van der Waals surface area contributed by atoms with Crippen molar-refractivity contribution in [2.24, 2.45) is 0 Å². The van der Waals surface area contributed by atoms with Crippen LogP contribution in [0.1, 0.15) is 23.6 Å². The highest BCUT2D eigenvalue weighted by atomic mass is 19.2. The van der Waals surface area contributed by atoms with Gasteiger partial charge in [0.15, 0.2) is 11.6 Å². The van der Waals surface area contributed by atoms with Crippen LogP contribution in [0, 0.1) is 24.4 Å². The molecule has 0 spiro atoms. The summed E-state index contributed by atoms with van der Waals surface area (Å²) in [5.74, 6) is -2.27. The third kappa shape index (κ3) is 3.74. The first-order valence-electron chi connectivity index (χ1n) is 8.44. The summed E-state index contributed by atoms with van der Waals surface area (Å²) in [5.41, 5.74) is 3.24. The van der Waals surface area contributed by atoms with Gasteiger partial charge in [0, 0.05) is 5.56 Å².